The standard InChI is InChI=1S/C22H21N5O5S/c1-3-32-20(28)13-19-18(14-23)21(27(25-19)16-7-5-4-6-8-16)24-22(29)26-33(30,31)17-11-9-15(2)10-12-17/h4-12H,3,13H2,1-2H3,(H2,24,26,29). The summed E-state index contributed by atoms with van der Waals surface area (Å²) in [6, 6.07) is 15.3. The summed E-state index contributed by atoms with van der Waals surface area (Å²) in [4.78, 5) is 24.5. The summed E-state index contributed by atoms with van der Waals surface area (Å²) in [5, 5.41) is 16.4. The number of para-hydroxylation sites is 1. The molecule has 10 nitrogen and oxygen atoms in total. The molecule has 0 atom stereocenters. The van der Waals surface area contributed by atoms with E-state index in [0.717, 1.165) is 5.56 Å². The summed E-state index contributed by atoms with van der Waals surface area (Å²) in [6.45, 7) is 3.61. The van der Waals surface area contributed by atoms with Gasteiger partial charge in [-0.05, 0) is 38.1 Å². The van der Waals surface area contributed by atoms with Crippen molar-refractivity contribution < 1.29 is 22.7 Å². The van der Waals surface area contributed by atoms with Crippen molar-refractivity contribution in [3.63, 3.8) is 0 Å². The molecule has 0 aliphatic carbocycles. The Bertz CT molecular complexity index is 1310. The van der Waals surface area contributed by atoms with Gasteiger partial charge in [0.25, 0.3) is 10.0 Å². The summed E-state index contributed by atoms with van der Waals surface area (Å²) < 4.78 is 33.2. The highest BCUT2D eigenvalue weighted by atomic mass is 32.2. The number of esters is 1. The smallest absolute Gasteiger partial charge is 0.334 e. The number of aryl methyl sites for hydroxylation is 1. The maximum atomic E-state index is 12.6. The van der Waals surface area contributed by atoms with Gasteiger partial charge in [-0.3, -0.25) is 10.1 Å². The molecule has 33 heavy (non-hydrogen) atoms. The molecule has 11 heteroatoms. The summed E-state index contributed by atoms with van der Waals surface area (Å²) in [5.74, 6) is -0.677. The second-order valence-corrected chi connectivity index (χ2v) is 8.57. The predicted molar refractivity (Wildman–Crippen MR) is 119 cm³/mol. The number of carbonyl (C=O) groups is 2. The Balaban J connectivity index is 1.95. The molecule has 0 radical (unpaired) electrons. The number of nitriles is 1. The third kappa shape index (κ3) is 5.55. The Morgan fingerprint density at radius 3 is 2.39 bits per heavy atom. The first-order valence-electron chi connectivity index (χ1n) is 9.88. The van der Waals surface area contributed by atoms with E-state index in [9.17, 15) is 23.3 Å². The number of sulfonamides is 1. The molecule has 3 aromatic rings. The fourth-order valence-corrected chi connectivity index (χ4v) is 3.86. The zero-order valence-corrected chi connectivity index (χ0v) is 18.7. The number of urea groups is 1. The van der Waals surface area contributed by atoms with Crippen LogP contribution in [0.1, 0.15) is 23.7 Å². The van der Waals surface area contributed by atoms with Gasteiger partial charge in [0.15, 0.2) is 5.82 Å². The first-order valence-corrected chi connectivity index (χ1v) is 11.4. The number of benzene rings is 2. The number of amides is 2. The topological polar surface area (TPSA) is 143 Å². The summed E-state index contributed by atoms with van der Waals surface area (Å²) >= 11 is 0. The van der Waals surface area contributed by atoms with Crippen LogP contribution in [-0.2, 0) is 26.0 Å². The van der Waals surface area contributed by atoms with Crippen LogP contribution in [0.15, 0.2) is 59.5 Å². The summed E-state index contributed by atoms with van der Waals surface area (Å²) in [5.41, 5.74) is 1.34. The minimum atomic E-state index is -4.16. The first kappa shape index (κ1) is 23.5. The number of anilines is 1. The minimum Gasteiger partial charge on any atom is -0.466 e. The van der Waals surface area contributed by atoms with Crippen LogP contribution in [-0.4, -0.2) is 36.8 Å². The number of ether oxygens (including phenoxy) is 1. The average Bonchev–Trinajstić information content (AvgIpc) is 3.10. The Hall–Kier alpha value is -4.17. The quantitative estimate of drug-likeness (QED) is 0.509. The van der Waals surface area contributed by atoms with Crippen molar-refractivity contribution in [1.82, 2.24) is 14.5 Å². The van der Waals surface area contributed by atoms with Gasteiger partial charge in [0.2, 0.25) is 0 Å². The average molecular weight is 468 g/mol. The number of carbonyl (C=O) groups excluding carboxylic acids is 2. The molecule has 0 fully saturated rings. The van der Waals surface area contributed by atoms with E-state index in [1.165, 1.54) is 16.8 Å². The lowest BCUT2D eigenvalue weighted by atomic mass is 10.2. The molecular weight excluding hydrogens is 446 g/mol. The van der Waals surface area contributed by atoms with Crippen molar-refractivity contribution in [2.24, 2.45) is 0 Å². The Morgan fingerprint density at radius 2 is 1.79 bits per heavy atom. The number of aromatic nitrogens is 2. The molecule has 3 rings (SSSR count). The molecule has 0 bridgehead atoms. The van der Waals surface area contributed by atoms with Crippen LogP contribution in [0.5, 0.6) is 0 Å². The van der Waals surface area contributed by atoms with Crippen molar-refractivity contribution in [3.05, 3.63) is 71.4 Å². The molecule has 0 saturated carbocycles. The highest BCUT2D eigenvalue weighted by Gasteiger charge is 2.25. The zero-order chi connectivity index (χ0) is 24.0. The van der Waals surface area contributed by atoms with Gasteiger partial charge in [0.1, 0.15) is 11.6 Å². The van der Waals surface area contributed by atoms with E-state index in [1.54, 1.807) is 56.3 Å². The lowest BCUT2D eigenvalue weighted by molar-refractivity contribution is -0.142. The fraction of sp³-hybridized carbons (Fsp3) is 0.182. The fourth-order valence-electron chi connectivity index (χ4n) is 2.96. The monoisotopic (exact) mass is 467 g/mol. The van der Waals surface area contributed by atoms with Gasteiger partial charge in [-0.25, -0.2) is 22.6 Å². The van der Waals surface area contributed by atoms with Crippen LogP contribution in [0.2, 0.25) is 0 Å². The van der Waals surface area contributed by atoms with Crippen LogP contribution in [0, 0.1) is 18.3 Å². The zero-order valence-electron chi connectivity index (χ0n) is 17.9. The minimum absolute atomic E-state index is 0.0801. The third-order valence-corrected chi connectivity index (χ3v) is 5.82. The molecule has 0 saturated heterocycles. The second kappa shape index (κ2) is 9.97. The molecule has 1 aromatic heterocycles. The number of hydrogen-bond acceptors (Lipinski definition) is 7. The molecule has 0 aliphatic rings. The van der Waals surface area contributed by atoms with Gasteiger partial charge in [0.05, 0.1) is 29.3 Å². The highest BCUT2D eigenvalue weighted by Crippen LogP contribution is 2.24. The Kier molecular flexibility index (Phi) is 7.10. The van der Waals surface area contributed by atoms with Gasteiger partial charge in [-0.15, -0.1) is 0 Å². The molecule has 0 aliphatic heterocycles. The lowest BCUT2D eigenvalue weighted by Crippen LogP contribution is -2.35. The van der Waals surface area contributed by atoms with Gasteiger partial charge < -0.3 is 4.74 Å². The molecule has 2 N–H and O–H groups in total. The number of rotatable bonds is 7. The molecule has 2 aromatic carbocycles. The van der Waals surface area contributed by atoms with Crippen LogP contribution in [0.3, 0.4) is 0 Å². The normalized spacial score (nSPS) is 10.8. The first-order chi connectivity index (χ1) is 15.7. The largest absolute Gasteiger partial charge is 0.466 e. The van der Waals surface area contributed by atoms with Crippen molar-refractivity contribution in [1.29, 1.82) is 5.26 Å². The second-order valence-electron chi connectivity index (χ2n) is 6.88. The number of nitrogens with zero attached hydrogens (tertiary/aromatic N) is 3. The van der Waals surface area contributed by atoms with E-state index in [2.05, 4.69) is 10.4 Å². The van der Waals surface area contributed by atoms with Crippen LogP contribution in [0.4, 0.5) is 10.6 Å². The Labute approximate surface area is 190 Å². The summed E-state index contributed by atoms with van der Waals surface area (Å²) in [7, 11) is -4.16. The highest BCUT2D eigenvalue weighted by molar-refractivity contribution is 7.90. The van der Waals surface area contributed by atoms with E-state index in [4.69, 9.17) is 4.74 Å². The molecule has 170 valence electrons. The van der Waals surface area contributed by atoms with Crippen molar-refractivity contribution in [3.8, 4) is 11.8 Å². The van der Waals surface area contributed by atoms with Crippen LogP contribution in [0.25, 0.3) is 5.69 Å². The number of hydrogen-bond donors (Lipinski definition) is 2. The SMILES string of the molecule is CCOC(=O)Cc1nn(-c2ccccc2)c(NC(=O)NS(=O)(=O)c2ccc(C)cc2)c1C#N. The van der Waals surface area contributed by atoms with Gasteiger partial charge in [0, 0.05) is 0 Å². The van der Waals surface area contributed by atoms with E-state index < -0.39 is 22.0 Å². The van der Waals surface area contributed by atoms with E-state index in [1.807, 2.05) is 10.8 Å². The predicted octanol–water partition coefficient (Wildman–Crippen LogP) is 2.67. The van der Waals surface area contributed by atoms with Crippen LogP contribution >= 0.6 is 0 Å². The van der Waals surface area contributed by atoms with Crippen molar-refractivity contribution in [2.45, 2.75) is 25.2 Å². The molecule has 1 heterocycles. The van der Waals surface area contributed by atoms with Gasteiger partial charge in [-0.2, -0.15) is 10.4 Å². The molecule has 2 amide bonds. The van der Waals surface area contributed by atoms with Crippen LogP contribution < -0.4 is 10.0 Å². The summed E-state index contributed by atoms with van der Waals surface area (Å²) in [6.07, 6.45) is -0.297. The number of nitrogens with one attached hydrogen (secondary N) is 2. The lowest BCUT2D eigenvalue weighted by Gasteiger charge is -2.11. The van der Waals surface area contributed by atoms with Crippen molar-refractivity contribution in [2.75, 3.05) is 11.9 Å². The molecule has 0 spiro atoms. The van der Waals surface area contributed by atoms with Crippen molar-refractivity contribution >= 4 is 27.8 Å². The Morgan fingerprint density at radius 1 is 1.12 bits per heavy atom. The van der Waals surface area contributed by atoms with Gasteiger partial charge >= 0.3 is 12.0 Å². The van der Waals surface area contributed by atoms with E-state index in [-0.39, 0.29) is 35.0 Å². The molecular formula is C22H21N5O5S. The van der Waals surface area contributed by atoms with Gasteiger partial charge in [-0.1, -0.05) is 35.9 Å². The maximum Gasteiger partial charge on any atom is 0.334 e. The maximum absolute atomic E-state index is 12.6. The van der Waals surface area contributed by atoms with E-state index >= 15 is 0 Å². The van der Waals surface area contributed by atoms with E-state index in [0.29, 0.717) is 5.69 Å². The molecule has 0 unspecified atom stereocenters. The third-order valence-electron chi connectivity index (χ3n) is 4.48.